The number of fused-ring (bicyclic) bond motifs is 1. The van der Waals surface area contributed by atoms with Crippen LogP contribution in [0.1, 0.15) is 30.4 Å². The molecule has 2 nitrogen and oxygen atoms in total. The first-order valence-electron chi connectivity index (χ1n) is 5.91. The summed E-state index contributed by atoms with van der Waals surface area (Å²) in [6.07, 6.45) is 5.43. The van der Waals surface area contributed by atoms with Gasteiger partial charge in [0.05, 0.1) is 6.10 Å². The summed E-state index contributed by atoms with van der Waals surface area (Å²) in [5, 5.41) is 3.38. The predicted molar refractivity (Wildman–Crippen MR) is 67.4 cm³/mol. The molecule has 16 heavy (non-hydrogen) atoms. The fourth-order valence-electron chi connectivity index (χ4n) is 2.21. The molecule has 1 aliphatic carbocycles. The number of nitrogens with one attached hydrogen (secondary N) is 1. The minimum atomic E-state index is 0. The van der Waals surface area contributed by atoms with Crippen molar-refractivity contribution in [3.63, 3.8) is 0 Å². The summed E-state index contributed by atoms with van der Waals surface area (Å²) >= 11 is 0. The van der Waals surface area contributed by atoms with E-state index in [4.69, 9.17) is 4.74 Å². The SMILES string of the molecule is Cl.c1cc2c(cc1OC1CCC1)CCNC2. The zero-order chi connectivity index (χ0) is 10.1. The highest BCUT2D eigenvalue weighted by atomic mass is 35.5. The molecule has 2 aliphatic rings. The molecule has 0 radical (unpaired) electrons. The van der Waals surface area contributed by atoms with Crippen LogP contribution in [0.4, 0.5) is 0 Å². The molecular formula is C13H18ClNO. The molecule has 0 spiro atoms. The third kappa shape index (κ3) is 2.33. The van der Waals surface area contributed by atoms with E-state index < -0.39 is 0 Å². The Balaban J connectivity index is 0.000000963. The van der Waals surface area contributed by atoms with Gasteiger partial charge in [-0.05, 0) is 55.5 Å². The van der Waals surface area contributed by atoms with Crippen LogP contribution >= 0.6 is 12.4 Å². The minimum Gasteiger partial charge on any atom is -0.490 e. The molecule has 88 valence electrons. The Morgan fingerprint density at radius 2 is 2.06 bits per heavy atom. The van der Waals surface area contributed by atoms with Crippen LogP contribution < -0.4 is 10.1 Å². The lowest BCUT2D eigenvalue weighted by Gasteiger charge is -2.27. The first-order valence-corrected chi connectivity index (χ1v) is 5.91. The zero-order valence-corrected chi connectivity index (χ0v) is 10.2. The minimum absolute atomic E-state index is 0. The summed E-state index contributed by atoms with van der Waals surface area (Å²) in [4.78, 5) is 0. The van der Waals surface area contributed by atoms with Crippen molar-refractivity contribution in [2.24, 2.45) is 0 Å². The monoisotopic (exact) mass is 239 g/mol. The molecule has 1 N–H and O–H groups in total. The second-order valence-electron chi connectivity index (χ2n) is 4.53. The molecule has 3 heteroatoms. The fourth-order valence-corrected chi connectivity index (χ4v) is 2.21. The van der Waals surface area contributed by atoms with Gasteiger partial charge in [0.1, 0.15) is 5.75 Å². The van der Waals surface area contributed by atoms with E-state index in [0.29, 0.717) is 6.10 Å². The Labute approximate surface area is 103 Å². The first-order chi connectivity index (χ1) is 7.42. The Bertz CT molecular complexity index is 363. The maximum Gasteiger partial charge on any atom is 0.120 e. The number of benzene rings is 1. The normalized spacial score (nSPS) is 19.2. The summed E-state index contributed by atoms with van der Waals surface area (Å²) < 4.78 is 5.90. The van der Waals surface area contributed by atoms with Gasteiger partial charge in [-0.3, -0.25) is 0 Å². The van der Waals surface area contributed by atoms with Crippen molar-refractivity contribution < 1.29 is 4.74 Å². The quantitative estimate of drug-likeness (QED) is 0.857. The van der Waals surface area contributed by atoms with Crippen LogP contribution in [-0.4, -0.2) is 12.6 Å². The summed E-state index contributed by atoms with van der Waals surface area (Å²) in [7, 11) is 0. The van der Waals surface area contributed by atoms with Crippen molar-refractivity contribution in [2.75, 3.05) is 6.54 Å². The smallest absolute Gasteiger partial charge is 0.120 e. The van der Waals surface area contributed by atoms with Crippen LogP contribution in [0.5, 0.6) is 5.75 Å². The highest BCUT2D eigenvalue weighted by molar-refractivity contribution is 5.85. The van der Waals surface area contributed by atoms with Gasteiger partial charge in [0.15, 0.2) is 0 Å². The molecule has 0 atom stereocenters. The first kappa shape index (κ1) is 11.7. The maximum absolute atomic E-state index is 5.90. The van der Waals surface area contributed by atoms with Crippen LogP contribution in [0.15, 0.2) is 18.2 Å². The molecule has 1 fully saturated rings. The predicted octanol–water partition coefficient (Wildman–Crippen LogP) is 2.69. The summed E-state index contributed by atoms with van der Waals surface area (Å²) in [5.41, 5.74) is 2.90. The van der Waals surface area contributed by atoms with Gasteiger partial charge in [-0.15, -0.1) is 12.4 Å². The van der Waals surface area contributed by atoms with E-state index in [1.807, 2.05) is 0 Å². The van der Waals surface area contributed by atoms with Crippen LogP contribution in [0, 0.1) is 0 Å². The Morgan fingerprint density at radius 1 is 1.19 bits per heavy atom. The van der Waals surface area contributed by atoms with Gasteiger partial charge in [-0.1, -0.05) is 6.07 Å². The average Bonchev–Trinajstić information content (AvgIpc) is 2.23. The zero-order valence-electron chi connectivity index (χ0n) is 9.37. The highest BCUT2D eigenvalue weighted by Gasteiger charge is 2.19. The molecule has 0 bridgehead atoms. The van der Waals surface area contributed by atoms with Crippen molar-refractivity contribution in [3.05, 3.63) is 29.3 Å². The van der Waals surface area contributed by atoms with E-state index in [-0.39, 0.29) is 12.4 Å². The van der Waals surface area contributed by atoms with Gasteiger partial charge in [-0.2, -0.15) is 0 Å². The van der Waals surface area contributed by atoms with E-state index in [1.165, 1.54) is 30.4 Å². The van der Waals surface area contributed by atoms with Gasteiger partial charge in [0.2, 0.25) is 0 Å². The van der Waals surface area contributed by atoms with Crippen LogP contribution in [0.3, 0.4) is 0 Å². The van der Waals surface area contributed by atoms with E-state index in [0.717, 1.165) is 25.3 Å². The van der Waals surface area contributed by atoms with E-state index in [2.05, 4.69) is 23.5 Å². The van der Waals surface area contributed by atoms with Crippen molar-refractivity contribution in [2.45, 2.75) is 38.3 Å². The van der Waals surface area contributed by atoms with Gasteiger partial charge < -0.3 is 10.1 Å². The molecule has 3 rings (SSSR count). The number of halogens is 1. The number of ether oxygens (including phenoxy) is 1. The molecule has 1 saturated carbocycles. The van der Waals surface area contributed by atoms with Crippen molar-refractivity contribution in [3.8, 4) is 5.75 Å². The molecule has 0 aromatic heterocycles. The van der Waals surface area contributed by atoms with Gasteiger partial charge in [0, 0.05) is 6.54 Å². The van der Waals surface area contributed by atoms with Crippen molar-refractivity contribution in [1.82, 2.24) is 5.32 Å². The van der Waals surface area contributed by atoms with E-state index >= 15 is 0 Å². The number of rotatable bonds is 2. The van der Waals surface area contributed by atoms with Crippen LogP contribution in [0.25, 0.3) is 0 Å². The molecule has 0 saturated heterocycles. The molecule has 1 aliphatic heterocycles. The fraction of sp³-hybridized carbons (Fsp3) is 0.538. The third-order valence-electron chi connectivity index (χ3n) is 3.42. The second-order valence-corrected chi connectivity index (χ2v) is 4.53. The van der Waals surface area contributed by atoms with Crippen LogP contribution in [0.2, 0.25) is 0 Å². The molecule has 0 amide bonds. The number of hydrogen-bond donors (Lipinski definition) is 1. The molecule has 1 heterocycles. The maximum atomic E-state index is 5.90. The van der Waals surface area contributed by atoms with Gasteiger partial charge >= 0.3 is 0 Å². The molecular weight excluding hydrogens is 222 g/mol. The van der Waals surface area contributed by atoms with Gasteiger partial charge in [-0.25, -0.2) is 0 Å². The molecule has 0 unspecified atom stereocenters. The summed E-state index contributed by atoms with van der Waals surface area (Å²) in [5.74, 6) is 1.07. The average molecular weight is 240 g/mol. The lowest BCUT2D eigenvalue weighted by molar-refractivity contribution is 0.120. The molecule has 1 aromatic carbocycles. The topological polar surface area (TPSA) is 21.3 Å². The Hall–Kier alpha value is -0.730. The largest absolute Gasteiger partial charge is 0.490 e. The van der Waals surface area contributed by atoms with Crippen LogP contribution in [-0.2, 0) is 13.0 Å². The second kappa shape index (κ2) is 5.07. The third-order valence-corrected chi connectivity index (χ3v) is 3.42. The highest BCUT2D eigenvalue weighted by Crippen LogP contribution is 2.27. The lowest BCUT2D eigenvalue weighted by Crippen LogP contribution is -2.26. The Morgan fingerprint density at radius 3 is 2.81 bits per heavy atom. The summed E-state index contributed by atoms with van der Waals surface area (Å²) in [6.45, 7) is 2.11. The van der Waals surface area contributed by atoms with E-state index in [1.54, 1.807) is 0 Å². The van der Waals surface area contributed by atoms with Crippen molar-refractivity contribution in [1.29, 1.82) is 0 Å². The van der Waals surface area contributed by atoms with Crippen molar-refractivity contribution >= 4 is 12.4 Å². The van der Waals surface area contributed by atoms with E-state index in [9.17, 15) is 0 Å². The lowest BCUT2D eigenvalue weighted by atomic mass is 9.96. The number of hydrogen-bond acceptors (Lipinski definition) is 2. The Kier molecular flexibility index (Phi) is 3.72. The molecule has 1 aromatic rings. The standard InChI is InChI=1S/C13H17NO.ClH/c1-2-12(3-1)15-13-5-4-11-9-14-7-6-10(11)8-13;/h4-5,8,12,14H,1-3,6-7,9H2;1H. The van der Waals surface area contributed by atoms with Gasteiger partial charge in [0.25, 0.3) is 0 Å². The summed E-state index contributed by atoms with van der Waals surface area (Å²) in [6, 6.07) is 6.55.